The summed E-state index contributed by atoms with van der Waals surface area (Å²) >= 11 is 0. The average molecular weight is 372 g/mol. The van der Waals surface area contributed by atoms with Crippen LogP contribution in [0.5, 0.6) is 0 Å². The van der Waals surface area contributed by atoms with Gasteiger partial charge in [0.25, 0.3) is 0 Å². The minimum atomic E-state index is -4.33. The van der Waals surface area contributed by atoms with Crippen LogP contribution >= 0.6 is 0 Å². The van der Waals surface area contributed by atoms with Crippen molar-refractivity contribution in [3.05, 3.63) is 35.4 Å². The van der Waals surface area contributed by atoms with Gasteiger partial charge in [-0.15, -0.1) is 0 Å². The monoisotopic (exact) mass is 372 g/mol. The molecule has 7 heteroatoms. The van der Waals surface area contributed by atoms with Gasteiger partial charge in [0.1, 0.15) is 5.60 Å². The van der Waals surface area contributed by atoms with E-state index >= 15 is 0 Å². The molecule has 0 bridgehead atoms. The van der Waals surface area contributed by atoms with E-state index in [0.29, 0.717) is 13.0 Å². The smallest absolute Gasteiger partial charge is 0.416 e. The number of nitrogens with one attached hydrogen (secondary N) is 2. The Morgan fingerprint density at radius 2 is 1.73 bits per heavy atom. The molecule has 2 rings (SSSR count). The lowest BCUT2D eigenvalue weighted by Gasteiger charge is -2.38. The first-order chi connectivity index (χ1) is 12.0. The van der Waals surface area contributed by atoms with Crippen LogP contribution in [0.3, 0.4) is 0 Å². The molecule has 1 amide bonds. The van der Waals surface area contributed by atoms with Crippen molar-refractivity contribution in [2.75, 3.05) is 19.6 Å². The van der Waals surface area contributed by atoms with Gasteiger partial charge in [0.2, 0.25) is 0 Å². The number of hydrogen-bond acceptors (Lipinski definition) is 3. The molecule has 1 heterocycles. The number of carbonyl (C=O) groups is 1. The summed E-state index contributed by atoms with van der Waals surface area (Å²) < 4.78 is 43.5. The zero-order valence-electron chi connectivity index (χ0n) is 15.5. The number of hydrogen-bond donors (Lipinski definition) is 2. The molecular formula is C19H27F3N2O2. The van der Waals surface area contributed by atoms with E-state index in [0.717, 1.165) is 43.6 Å². The second-order valence-electron chi connectivity index (χ2n) is 7.98. The van der Waals surface area contributed by atoms with Crippen molar-refractivity contribution in [1.29, 1.82) is 0 Å². The van der Waals surface area contributed by atoms with Gasteiger partial charge in [0, 0.05) is 6.54 Å². The molecular weight excluding hydrogens is 345 g/mol. The molecule has 26 heavy (non-hydrogen) atoms. The Kier molecular flexibility index (Phi) is 6.21. The van der Waals surface area contributed by atoms with E-state index in [1.807, 2.05) is 0 Å². The summed E-state index contributed by atoms with van der Waals surface area (Å²) in [5.41, 5.74) is -0.570. The number of amides is 1. The largest absolute Gasteiger partial charge is 0.444 e. The maximum atomic E-state index is 12.7. The van der Waals surface area contributed by atoms with Gasteiger partial charge in [-0.1, -0.05) is 12.1 Å². The van der Waals surface area contributed by atoms with Crippen LogP contribution in [0.2, 0.25) is 0 Å². The summed E-state index contributed by atoms with van der Waals surface area (Å²) in [6, 6.07) is 5.29. The van der Waals surface area contributed by atoms with Crippen LogP contribution < -0.4 is 10.6 Å². The van der Waals surface area contributed by atoms with Gasteiger partial charge in [-0.2, -0.15) is 13.2 Å². The lowest BCUT2D eigenvalue weighted by Crippen LogP contribution is -2.46. The molecule has 0 saturated carbocycles. The van der Waals surface area contributed by atoms with E-state index < -0.39 is 23.4 Å². The van der Waals surface area contributed by atoms with E-state index in [4.69, 9.17) is 4.74 Å². The zero-order valence-corrected chi connectivity index (χ0v) is 15.5. The summed E-state index contributed by atoms with van der Waals surface area (Å²) in [6.45, 7) is 7.47. The van der Waals surface area contributed by atoms with Crippen molar-refractivity contribution in [2.24, 2.45) is 5.41 Å². The molecule has 0 aliphatic carbocycles. The van der Waals surface area contributed by atoms with Crippen molar-refractivity contribution in [3.8, 4) is 0 Å². The lowest BCUT2D eigenvalue weighted by atomic mass is 9.74. The molecule has 0 aromatic heterocycles. The molecule has 0 radical (unpaired) electrons. The Balaban J connectivity index is 2.05. The summed E-state index contributed by atoms with van der Waals surface area (Å²) in [6.07, 6.45) is -2.51. The predicted octanol–water partition coefficient (Wildman–Crippen LogP) is 4.14. The maximum absolute atomic E-state index is 12.7. The van der Waals surface area contributed by atoms with Gasteiger partial charge in [-0.05, 0) is 76.2 Å². The summed E-state index contributed by atoms with van der Waals surface area (Å²) in [5, 5.41) is 6.12. The SMILES string of the molecule is CC(C)(C)OC(=O)NCC1(Cc2ccc(C(F)(F)F)cc2)CCNCC1. The van der Waals surface area contributed by atoms with E-state index in [-0.39, 0.29) is 5.41 Å². The van der Waals surface area contributed by atoms with Crippen LogP contribution in [-0.2, 0) is 17.3 Å². The molecule has 1 aromatic carbocycles. The minimum Gasteiger partial charge on any atom is -0.444 e. The highest BCUT2D eigenvalue weighted by molar-refractivity contribution is 5.67. The third kappa shape index (κ3) is 6.20. The zero-order chi connectivity index (χ0) is 19.4. The first-order valence-corrected chi connectivity index (χ1v) is 8.83. The molecule has 1 saturated heterocycles. The first kappa shape index (κ1) is 20.6. The Morgan fingerprint density at radius 1 is 1.15 bits per heavy atom. The van der Waals surface area contributed by atoms with Crippen LogP contribution in [0.4, 0.5) is 18.0 Å². The van der Waals surface area contributed by atoms with Crippen molar-refractivity contribution < 1.29 is 22.7 Å². The molecule has 1 aliphatic heterocycles. The van der Waals surface area contributed by atoms with E-state index in [1.54, 1.807) is 20.8 Å². The van der Waals surface area contributed by atoms with E-state index in [9.17, 15) is 18.0 Å². The van der Waals surface area contributed by atoms with Gasteiger partial charge in [-0.25, -0.2) is 4.79 Å². The Hall–Kier alpha value is -1.76. The Labute approximate surface area is 152 Å². The van der Waals surface area contributed by atoms with Crippen LogP contribution in [0.1, 0.15) is 44.7 Å². The Bertz CT molecular complexity index is 601. The highest BCUT2D eigenvalue weighted by Gasteiger charge is 2.34. The number of alkyl carbamates (subject to hydrolysis) is 1. The molecule has 1 aliphatic rings. The van der Waals surface area contributed by atoms with Crippen molar-refractivity contribution in [3.63, 3.8) is 0 Å². The molecule has 0 spiro atoms. The number of rotatable bonds is 4. The van der Waals surface area contributed by atoms with Gasteiger partial charge in [0.05, 0.1) is 5.56 Å². The van der Waals surface area contributed by atoms with Gasteiger partial charge >= 0.3 is 12.3 Å². The van der Waals surface area contributed by atoms with Crippen LogP contribution in [0, 0.1) is 5.41 Å². The third-order valence-electron chi connectivity index (χ3n) is 4.53. The number of alkyl halides is 3. The van der Waals surface area contributed by atoms with E-state index in [1.165, 1.54) is 12.1 Å². The molecule has 0 unspecified atom stereocenters. The van der Waals surface area contributed by atoms with Gasteiger partial charge in [-0.3, -0.25) is 0 Å². The number of halogens is 3. The summed E-state index contributed by atoms with van der Waals surface area (Å²) in [5.74, 6) is 0. The predicted molar refractivity (Wildman–Crippen MR) is 93.9 cm³/mol. The average Bonchev–Trinajstić information content (AvgIpc) is 2.52. The molecule has 2 N–H and O–H groups in total. The molecule has 1 aromatic rings. The number of ether oxygens (including phenoxy) is 1. The molecule has 1 fully saturated rings. The fourth-order valence-corrected chi connectivity index (χ4v) is 3.19. The Morgan fingerprint density at radius 3 is 2.23 bits per heavy atom. The fraction of sp³-hybridized carbons (Fsp3) is 0.632. The van der Waals surface area contributed by atoms with Gasteiger partial charge in [0.15, 0.2) is 0 Å². The standard InChI is InChI=1S/C19H27F3N2O2/c1-17(2,3)26-16(25)24-13-18(8-10-23-11-9-18)12-14-4-6-15(7-5-14)19(20,21)22/h4-7,23H,8-13H2,1-3H3,(H,24,25). The van der Waals surface area contributed by atoms with E-state index in [2.05, 4.69) is 10.6 Å². The maximum Gasteiger partial charge on any atom is 0.416 e. The first-order valence-electron chi connectivity index (χ1n) is 8.83. The van der Waals surface area contributed by atoms with Crippen LogP contribution in [0.25, 0.3) is 0 Å². The highest BCUT2D eigenvalue weighted by atomic mass is 19.4. The molecule has 0 atom stereocenters. The number of benzene rings is 1. The minimum absolute atomic E-state index is 0.193. The van der Waals surface area contributed by atoms with Crippen LogP contribution in [-0.4, -0.2) is 31.3 Å². The topological polar surface area (TPSA) is 50.4 Å². The van der Waals surface area contributed by atoms with Crippen molar-refractivity contribution in [2.45, 2.75) is 51.8 Å². The number of piperidine rings is 1. The van der Waals surface area contributed by atoms with Crippen LogP contribution in [0.15, 0.2) is 24.3 Å². The molecule has 4 nitrogen and oxygen atoms in total. The lowest BCUT2D eigenvalue weighted by molar-refractivity contribution is -0.137. The quantitative estimate of drug-likeness (QED) is 0.835. The second-order valence-corrected chi connectivity index (χ2v) is 7.98. The van der Waals surface area contributed by atoms with Gasteiger partial charge < -0.3 is 15.4 Å². The second kappa shape index (κ2) is 7.86. The third-order valence-corrected chi connectivity index (χ3v) is 4.53. The highest BCUT2D eigenvalue weighted by Crippen LogP contribution is 2.34. The summed E-state index contributed by atoms with van der Waals surface area (Å²) in [4.78, 5) is 12.0. The van der Waals surface area contributed by atoms with Crippen molar-refractivity contribution >= 4 is 6.09 Å². The fourth-order valence-electron chi connectivity index (χ4n) is 3.19. The normalized spacial score (nSPS) is 17.6. The number of carbonyl (C=O) groups excluding carboxylic acids is 1. The molecule has 146 valence electrons. The summed E-state index contributed by atoms with van der Waals surface area (Å²) in [7, 11) is 0. The van der Waals surface area contributed by atoms with Crippen molar-refractivity contribution in [1.82, 2.24) is 10.6 Å².